The first kappa shape index (κ1) is 17.8. The first-order chi connectivity index (χ1) is 9.01. The van der Waals surface area contributed by atoms with Crippen LogP contribution in [-0.4, -0.2) is 36.2 Å². The predicted octanol–water partition coefficient (Wildman–Crippen LogP) is 3.88. The minimum absolute atomic E-state index is 0. The molecule has 1 N–H and O–H groups in total. The normalized spacial score (nSPS) is 19.9. The van der Waals surface area contributed by atoms with Crippen molar-refractivity contribution in [2.45, 2.75) is 50.2 Å². The summed E-state index contributed by atoms with van der Waals surface area (Å²) in [5, 5.41) is 11.2. The third-order valence-electron chi connectivity index (χ3n) is 4.57. The SMILES string of the molecule is CCC(O)C(N(C)C)C1(c2ccc(Cl)cc2)CCC1.Cl. The van der Waals surface area contributed by atoms with Gasteiger partial charge in [-0.2, -0.15) is 0 Å². The molecule has 1 fully saturated rings. The van der Waals surface area contributed by atoms with Gasteiger partial charge in [0.15, 0.2) is 0 Å². The summed E-state index contributed by atoms with van der Waals surface area (Å²) in [6.07, 6.45) is 4.04. The zero-order valence-electron chi connectivity index (χ0n) is 12.5. The lowest BCUT2D eigenvalue weighted by Crippen LogP contribution is -2.57. The van der Waals surface area contributed by atoms with Crippen LogP contribution in [0.1, 0.15) is 38.2 Å². The van der Waals surface area contributed by atoms with Gasteiger partial charge in [0.2, 0.25) is 0 Å². The highest BCUT2D eigenvalue weighted by atomic mass is 35.5. The highest BCUT2D eigenvalue weighted by Crippen LogP contribution is 2.49. The molecule has 0 aromatic heterocycles. The van der Waals surface area contributed by atoms with Gasteiger partial charge in [-0.15, -0.1) is 12.4 Å². The Morgan fingerprint density at radius 3 is 2.15 bits per heavy atom. The number of hydrogen-bond donors (Lipinski definition) is 1. The second-order valence-electron chi connectivity index (χ2n) is 5.90. The summed E-state index contributed by atoms with van der Waals surface area (Å²) in [5.74, 6) is 0. The third-order valence-corrected chi connectivity index (χ3v) is 4.82. The smallest absolute Gasteiger partial charge is 0.0701 e. The lowest BCUT2D eigenvalue weighted by atomic mass is 9.58. The first-order valence-electron chi connectivity index (χ1n) is 7.12. The van der Waals surface area contributed by atoms with Crippen molar-refractivity contribution in [3.05, 3.63) is 34.9 Å². The molecule has 0 radical (unpaired) electrons. The van der Waals surface area contributed by atoms with Crippen LogP contribution in [0.15, 0.2) is 24.3 Å². The second kappa shape index (κ2) is 7.13. The number of benzene rings is 1. The number of likely N-dealkylation sites (N-methyl/N-ethyl adjacent to an activating group) is 1. The molecule has 4 heteroatoms. The summed E-state index contributed by atoms with van der Waals surface area (Å²) < 4.78 is 0. The van der Waals surface area contributed by atoms with E-state index in [1.807, 2.05) is 12.1 Å². The van der Waals surface area contributed by atoms with E-state index in [2.05, 4.69) is 38.1 Å². The number of aliphatic hydroxyl groups is 1. The van der Waals surface area contributed by atoms with Gasteiger partial charge in [0, 0.05) is 16.5 Å². The van der Waals surface area contributed by atoms with Crippen molar-refractivity contribution in [1.82, 2.24) is 4.90 Å². The lowest BCUT2D eigenvalue weighted by molar-refractivity contribution is -0.00763. The molecule has 0 amide bonds. The molecule has 0 heterocycles. The van der Waals surface area contributed by atoms with Crippen molar-refractivity contribution in [1.29, 1.82) is 0 Å². The van der Waals surface area contributed by atoms with Crippen LogP contribution in [0.2, 0.25) is 5.02 Å². The van der Waals surface area contributed by atoms with Gasteiger partial charge in [0.05, 0.1) is 6.10 Å². The minimum Gasteiger partial charge on any atom is -0.391 e. The summed E-state index contributed by atoms with van der Waals surface area (Å²) in [5.41, 5.74) is 1.40. The van der Waals surface area contributed by atoms with Crippen LogP contribution in [0.4, 0.5) is 0 Å². The Morgan fingerprint density at radius 1 is 1.25 bits per heavy atom. The van der Waals surface area contributed by atoms with Gasteiger partial charge in [0.25, 0.3) is 0 Å². The summed E-state index contributed by atoms with van der Waals surface area (Å²) >= 11 is 6.00. The number of rotatable bonds is 5. The standard InChI is InChI=1S/C16H24ClNO.ClH/c1-4-14(19)15(18(2)3)16(10-5-11-16)12-6-8-13(17)9-7-12;/h6-9,14-15,19H,4-5,10-11H2,1-3H3;1H. The second-order valence-corrected chi connectivity index (χ2v) is 6.34. The van der Waals surface area contributed by atoms with Crippen molar-refractivity contribution in [3.63, 3.8) is 0 Å². The molecule has 2 unspecified atom stereocenters. The molecule has 0 spiro atoms. The van der Waals surface area contributed by atoms with Gasteiger partial charge in [-0.1, -0.05) is 37.1 Å². The van der Waals surface area contributed by atoms with Gasteiger partial charge in [-0.3, -0.25) is 0 Å². The Kier molecular flexibility index (Phi) is 6.33. The number of aliphatic hydroxyl groups excluding tert-OH is 1. The van der Waals surface area contributed by atoms with Crippen molar-refractivity contribution in [2.75, 3.05) is 14.1 Å². The average molecular weight is 318 g/mol. The van der Waals surface area contributed by atoms with E-state index < -0.39 is 0 Å². The maximum Gasteiger partial charge on any atom is 0.0701 e. The summed E-state index contributed by atoms with van der Waals surface area (Å²) in [6, 6.07) is 8.34. The molecule has 1 aromatic rings. The molecule has 0 aliphatic heterocycles. The highest BCUT2D eigenvalue weighted by molar-refractivity contribution is 6.30. The molecule has 1 saturated carbocycles. The molecule has 1 aromatic carbocycles. The summed E-state index contributed by atoms with van der Waals surface area (Å²) in [4.78, 5) is 2.18. The fraction of sp³-hybridized carbons (Fsp3) is 0.625. The van der Waals surface area contributed by atoms with Crippen LogP contribution in [-0.2, 0) is 5.41 Å². The Hall–Kier alpha value is -0.280. The molecule has 2 nitrogen and oxygen atoms in total. The quantitative estimate of drug-likeness (QED) is 0.890. The highest BCUT2D eigenvalue weighted by Gasteiger charge is 2.48. The van der Waals surface area contributed by atoms with Crippen molar-refractivity contribution in [2.24, 2.45) is 0 Å². The molecule has 0 saturated heterocycles. The molecule has 0 bridgehead atoms. The predicted molar refractivity (Wildman–Crippen MR) is 88.0 cm³/mol. The van der Waals surface area contributed by atoms with Crippen molar-refractivity contribution >= 4 is 24.0 Å². The van der Waals surface area contributed by atoms with Crippen LogP contribution in [0.5, 0.6) is 0 Å². The fourth-order valence-electron chi connectivity index (χ4n) is 3.52. The number of nitrogens with zero attached hydrogens (tertiary/aromatic N) is 1. The zero-order valence-corrected chi connectivity index (χ0v) is 14.0. The van der Waals surface area contributed by atoms with Crippen molar-refractivity contribution in [3.8, 4) is 0 Å². The van der Waals surface area contributed by atoms with Crippen LogP contribution in [0.25, 0.3) is 0 Å². The fourth-order valence-corrected chi connectivity index (χ4v) is 3.65. The van der Waals surface area contributed by atoms with Crippen LogP contribution < -0.4 is 0 Å². The first-order valence-corrected chi connectivity index (χ1v) is 7.49. The van der Waals surface area contributed by atoms with Gasteiger partial charge in [-0.25, -0.2) is 0 Å². The molecular weight excluding hydrogens is 293 g/mol. The Morgan fingerprint density at radius 2 is 1.80 bits per heavy atom. The van der Waals surface area contributed by atoms with E-state index in [4.69, 9.17) is 11.6 Å². The Bertz CT molecular complexity index is 415. The lowest BCUT2D eigenvalue weighted by Gasteiger charge is -2.52. The van der Waals surface area contributed by atoms with Gasteiger partial charge in [-0.05, 0) is 51.1 Å². The molecular formula is C16H25Cl2NO. The topological polar surface area (TPSA) is 23.5 Å². The molecule has 2 atom stereocenters. The third kappa shape index (κ3) is 3.14. The summed E-state index contributed by atoms with van der Waals surface area (Å²) in [7, 11) is 4.14. The average Bonchev–Trinajstić information content (AvgIpc) is 2.33. The number of halogens is 2. The van der Waals surface area contributed by atoms with E-state index in [-0.39, 0.29) is 30.0 Å². The monoisotopic (exact) mass is 317 g/mol. The molecule has 114 valence electrons. The molecule has 1 aliphatic carbocycles. The maximum atomic E-state index is 10.4. The van der Waals surface area contributed by atoms with E-state index >= 15 is 0 Å². The summed E-state index contributed by atoms with van der Waals surface area (Å²) in [6.45, 7) is 2.05. The van der Waals surface area contributed by atoms with E-state index in [9.17, 15) is 5.11 Å². The van der Waals surface area contributed by atoms with Crippen molar-refractivity contribution < 1.29 is 5.11 Å². The van der Waals surface area contributed by atoms with Crippen LogP contribution >= 0.6 is 24.0 Å². The molecule has 1 aliphatic rings. The minimum atomic E-state index is -0.286. The molecule has 20 heavy (non-hydrogen) atoms. The molecule has 2 rings (SSSR count). The Balaban J connectivity index is 0.00000200. The Labute approximate surface area is 133 Å². The van der Waals surface area contributed by atoms with E-state index in [0.717, 1.165) is 24.3 Å². The largest absolute Gasteiger partial charge is 0.391 e. The van der Waals surface area contributed by atoms with Crippen LogP contribution in [0, 0.1) is 0 Å². The van der Waals surface area contributed by atoms with E-state index in [0.29, 0.717) is 0 Å². The number of hydrogen-bond acceptors (Lipinski definition) is 2. The van der Waals surface area contributed by atoms with Crippen LogP contribution in [0.3, 0.4) is 0 Å². The van der Waals surface area contributed by atoms with Gasteiger partial charge in [0.1, 0.15) is 0 Å². The zero-order chi connectivity index (χ0) is 14.0. The van der Waals surface area contributed by atoms with Gasteiger partial charge >= 0.3 is 0 Å². The van der Waals surface area contributed by atoms with Gasteiger partial charge < -0.3 is 10.0 Å². The van der Waals surface area contributed by atoms with E-state index in [1.54, 1.807) is 0 Å². The maximum absolute atomic E-state index is 10.4. The van der Waals surface area contributed by atoms with E-state index in [1.165, 1.54) is 12.0 Å².